The van der Waals surface area contributed by atoms with Crippen LogP contribution in [0.4, 0.5) is 5.69 Å². The van der Waals surface area contributed by atoms with Gasteiger partial charge in [-0.2, -0.15) is 0 Å². The maximum atomic E-state index is 12.2. The summed E-state index contributed by atoms with van der Waals surface area (Å²) in [5.74, 6) is -0.393. The fourth-order valence-electron chi connectivity index (χ4n) is 1.79. The molecule has 2 aromatic carbocycles. The molecule has 0 aliphatic heterocycles. The summed E-state index contributed by atoms with van der Waals surface area (Å²) in [5.41, 5.74) is 6.19. The second-order valence-corrected chi connectivity index (χ2v) is 5.35. The zero-order chi connectivity index (χ0) is 15.9. The summed E-state index contributed by atoms with van der Waals surface area (Å²) in [7, 11) is 0. The van der Waals surface area contributed by atoms with Crippen molar-refractivity contribution in [2.24, 2.45) is 5.73 Å². The van der Waals surface area contributed by atoms with Crippen LogP contribution >= 0.6 is 11.8 Å². The number of primary amides is 1. The van der Waals surface area contributed by atoms with Gasteiger partial charge in [0.05, 0.1) is 0 Å². The standard InChI is InChI=1S/C16H16N2O3S/c1-22-14-7-3-5-12(9-14)18-16(20)11-4-2-6-13(8-11)21-10-15(17)19/h2-9H,10H2,1H3,(H2,17,19)(H,18,20). The number of anilines is 1. The van der Waals surface area contributed by atoms with Crippen molar-refractivity contribution in [1.29, 1.82) is 0 Å². The summed E-state index contributed by atoms with van der Waals surface area (Å²) in [6.07, 6.45) is 1.97. The summed E-state index contributed by atoms with van der Waals surface area (Å²) in [6, 6.07) is 14.2. The number of hydrogen-bond donors (Lipinski definition) is 2. The van der Waals surface area contributed by atoms with Crippen LogP contribution in [0.15, 0.2) is 53.4 Å². The van der Waals surface area contributed by atoms with E-state index in [1.165, 1.54) is 0 Å². The number of carbonyl (C=O) groups is 2. The van der Waals surface area contributed by atoms with E-state index >= 15 is 0 Å². The smallest absolute Gasteiger partial charge is 0.255 e. The number of ether oxygens (including phenoxy) is 1. The van der Waals surface area contributed by atoms with Gasteiger partial charge < -0.3 is 15.8 Å². The maximum Gasteiger partial charge on any atom is 0.255 e. The van der Waals surface area contributed by atoms with Crippen molar-refractivity contribution in [2.45, 2.75) is 4.90 Å². The van der Waals surface area contributed by atoms with Crippen molar-refractivity contribution in [3.8, 4) is 5.75 Å². The first kappa shape index (κ1) is 15.9. The number of nitrogens with one attached hydrogen (secondary N) is 1. The van der Waals surface area contributed by atoms with Crippen molar-refractivity contribution in [3.05, 3.63) is 54.1 Å². The van der Waals surface area contributed by atoms with Gasteiger partial charge in [0.15, 0.2) is 6.61 Å². The molecule has 6 heteroatoms. The highest BCUT2D eigenvalue weighted by Crippen LogP contribution is 2.20. The molecule has 2 amide bonds. The largest absolute Gasteiger partial charge is 0.484 e. The van der Waals surface area contributed by atoms with Gasteiger partial charge in [0, 0.05) is 16.1 Å². The number of thioether (sulfide) groups is 1. The van der Waals surface area contributed by atoms with Crippen LogP contribution in [0.1, 0.15) is 10.4 Å². The minimum absolute atomic E-state index is 0.221. The quantitative estimate of drug-likeness (QED) is 0.802. The highest BCUT2D eigenvalue weighted by atomic mass is 32.2. The van der Waals surface area contributed by atoms with Crippen LogP contribution in [-0.2, 0) is 4.79 Å². The fraction of sp³-hybridized carbons (Fsp3) is 0.125. The van der Waals surface area contributed by atoms with Crippen LogP contribution in [0.2, 0.25) is 0 Å². The van der Waals surface area contributed by atoms with Gasteiger partial charge in [0.25, 0.3) is 11.8 Å². The van der Waals surface area contributed by atoms with E-state index < -0.39 is 5.91 Å². The third-order valence-corrected chi connectivity index (χ3v) is 3.53. The molecule has 0 atom stereocenters. The first-order valence-electron chi connectivity index (χ1n) is 6.55. The summed E-state index contributed by atoms with van der Waals surface area (Å²) in [4.78, 5) is 24.0. The lowest BCUT2D eigenvalue weighted by Gasteiger charge is -2.08. The molecule has 0 heterocycles. The Labute approximate surface area is 132 Å². The molecule has 0 saturated heterocycles. The van der Waals surface area contributed by atoms with E-state index in [1.807, 2.05) is 30.5 Å². The zero-order valence-electron chi connectivity index (χ0n) is 12.0. The predicted molar refractivity (Wildman–Crippen MR) is 87.3 cm³/mol. The minimum Gasteiger partial charge on any atom is -0.484 e. The second-order valence-electron chi connectivity index (χ2n) is 4.47. The van der Waals surface area contributed by atoms with Gasteiger partial charge in [-0.3, -0.25) is 9.59 Å². The molecule has 5 nitrogen and oxygen atoms in total. The Hall–Kier alpha value is -2.47. The molecule has 22 heavy (non-hydrogen) atoms. The molecule has 0 fully saturated rings. The molecule has 0 radical (unpaired) electrons. The molecular formula is C16H16N2O3S. The van der Waals surface area contributed by atoms with E-state index in [2.05, 4.69) is 5.32 Å². The highest BCUT2D eigenvalue weighted by molar-refractivity contribution is 7.98. The first-order chi connectivity index (χ1) is 10.6. The van der Waals surface area contributed by atoms with Crippen molar-refractivity contribution < 1.29 is 14.3 Å². The van der Waals surface area contributed by atoms with Crippen molar-refractivity contribution in [2.75, 3.05) is 18.2 Å². The Balaban J connectivity index is 2.08. The summed E-state index contributed by atoms with van der Waals surface area (Å²) in [6.45, 7) is -0.221. The number of benzene rings is 2. The Bertz CT molecular complexity index is 689. The van der Waals surface area contributed by atoms with Crippen LogP contribution in [0.3, 0.4) is 0 Å². The average molecular weight is 316 g/mol. The lowest BCUT2D eigenvalue weighted by molar-refractivity contribution is -0.119. The van der Waals surface area contributed by atoms with E-state index in [0.717, 1.165) is 10.6 Å². The zero-order valence-corrected chi connectivity index (χ0v) is 12.9. The molecule has 0 aromatic heterocycles. The normalized spacial score (nSPS) is 10.0. The van der Waals surface area contributed by atoms with Crippen LogP contribution < -0.4 is 15.8 Å². The number of carbonyl (C=O) groups excluding carboxylic acids is 2. The topological polar surface area (TPSA) is 81.4 Å². The lowest BCUT2D eigenvalue weighted by atomic mass is 10.2. The van der Waals surface area contributed by atoms with Crippen LogP contribution in [0.5, 0.6) is 5.75 Å². The van der Waals surface area contributed by atoms with Crippen LogP contribution in [0, 0.1) is 0 Å². The second kappa shape index (κ2) is 7.51. The molecule has 2 aromatic rings. The van der Waals surface area contributed by atoms with Gasteiger partial charge in [-0.05, 0) is 42.7 Å². The monoisotopic (exact) mass is 316 g/mol. The van der Waals surface area contributed by atoms with Crippen molar-refractivity contribution in [1.82, 2.24) is 0 Å². The van der Waals surface area contributed by atoms with Crippen LogP contribution in [-0.4, -0.2) is 24.7 Å². The summed E-state index contributed by atoms with van der Waals surface area (Å²) < 4.78 is 5.19. The van der Waals surface area contributed by atoms with Gasteiger partial charge in [0.2, 0.25) is 0 Å². The van der Waals surface area contributed by atoms with Gasteiger partial charge >= 0.3 is 0 Å². The minimum atomic E-state index is -0.566. The third kappa shape index (κ3) is 4.53. The van der Waals surface area contributed by atoms with Gasteiger partial charge in [-0.1, -0.05) is 12.1 Å². The predicted octanol–water partition coefficient (Wildman–Crippen LogP) is 2.52. The Morgan fingerprint density at radius 3 is 2.68 bits per heavy atom. The van der Waals surface area contributed by atoms with Gasteiger partial charge in [-0.25, -0.2) is 0 Å². The van der Waals surface area contributed by atoms with Crippen molar-refractivity contribution in [3.63, 3.8) is 0 Å². The SMILES string of the molecule is CSc1cccc(NC(=O)c2cccc(OCC(N)=O)c2)c1. The highest BCUT2D eigenvalue weighted by Gasteiger charge is 2.08. The first-order valence-corrected chi connectivity index (χ1v) is 7.77. The molecule has 114 valence electrons. The molecule has 3 N–H and O–H groups in total. The number of rotatable bonds is 6. The van der Waals surface area contributed by atoms with Crippen molar-refractivity contribution >= 4 is 29.3 Å². The molecule has 2 rings (SSSR count). The van der Waals surface area contributed by atoms with Crippen LogP contribution in [0.25, 0.3) is 0 Å². The molecule has 0 spiro atoms. The van der Waals surface area contributed by atoms with E-state index in [-0.39, 0.29) is 12.5 Å². The van der Waals surface area contributed by atoms with E-state index in [9.17, 15) is 9.59 Å². The number of amides is 2. The number of hydrogen-bond acceptors (Lipinski definition) is 4. The number of nitrogens with two attached hydrogens (primary N) is 1. The third-order valence-electron chi connectivity index (χ3n) is 2.80. The van der Waals surface area contributed by atoms with Gasteiger partial charge in [-0.15, -0.1) is 11.8 Å². The fourth-order valence-corrected chi connectivity index (χ4v) is 2.25. The van der Waals surface area contributed by atoms with E-state index in [0.29, 0.717) is 11.3 Å². The maximum absolute atomic E-state index is 12.2. The van der Waals surface area contributed by atoms with E-state index in [4.69, 9.17) is 10.5 Å². The molecular weight excluding hydrogens is 300 g/mol. The lowest BCUT2D eigenvalue weighted by Crippen LogP contribution is -2.20. The average Bonchev–Trinajstić information content (AvgIpc) is 2.53. The Morgan fingerprint density at radius 2 is 1.95 bits per heavy atom. The Morgan fingerprint density at radius 1 is 1.18 bits per heavy atom. The molecule has 0 bridgehead atoms. The molecule has 0 aliphatic carbocycles. The molecule has 0 unspecified atom stereocenters. The van der Waals surface area contributed by atoms with E-state index in [1.54, 1.807) is 36.0 Å². The Kier molecular flexibility index (Phi) is 5.43. The van der Waals surface area contributed by atoms with Gasteiger partial charge in [0.1, 0.15) is 5.75 Å². The summed E-state index contributed by atoms with van der Waals surface area (Å²) in [5, 5.41) is 2.83. The summed E-state index contributed by atoms with van der Waals surface area (Å²) >= 11 is 1.60. The molecule has 0 saturated carbocycles. The molecule has 0 aliphatic rings.